The second-order valence-corrected chi connectivity index (χ2v) is 5.28. The molecule has 0 aromatic heterocycles. The molecule has 0 N–H and O–H groups in total. The van der Waals surface area contributed by atoms with E-state index >= 15 is 0 Å². The molecule has 4 heteroatoms. The van der Waals surface area contributed by atoms with Crippen LogP contribution in [0, 0.1) is 0 Å². The highest BCUT2D eigenvalue weighted by atomic mass is 16.7. The lowest BCUT2D eigenvalue weighted by Crippen LogP contribution is -2.23. The summed E-state index contributed by atoms with van der Waals surface area (Å²) in [6.07, 6.45) is 4.29. The highest BCUT2D eigenvalue weighted by Crippen LogP contribution is 2.15. The summed E-state index contributed by atoms with van der Waals surface area (Å²) in [5.41, 5.74) is 2.93. The number of carbonyl (C=O) groups is 2. The van der Waals surface area contributed by atoms with Gasteiger partial charge in [0.15, 0.2) is 0 Å². The number of aryl methyl sites for hydroxylation is 1. The van der Waals surface area contributed by atoms with E-state index < -0.39 is 18.2 Å². The molecular weight excluding hydrogens is 280 g/mol. The molecule has 0 bridgehead atoms. The largest absolute Gasteiger partial charge is 0.421 e. The number of hydrogen-bond donors (Lipinski definition) is 0. The predicted octanol–water partition coefficient (Wildman–Crippen LogP) is 3.88. The summed E-state index contributed by atoms with van der Waals surface area (Å²) >= 11 is 0. The fourth-order valence-electron chi connectivity index (χ4n) is 2.00. The van der Waals surface area contributed by atoms with E-state index in [1.165, 1.54) is 32.3 Å². The Hall–Kier alpha value is -2.10. The Morgan fingerprint density at radius 1 is 1.05 bits per heavy atom. The third kappa shape index (κ3) is 6.57. The van der Waals surface area contributed by atoms with Gasteiger partial charge in [0.1, 0.15) is 0 Å². The molecule has 120 valence electrons. The van der Waals surface area contributed by atoms with Gasteiger partial charge in [0.05, 0.1) is 0 Å². The molecule has 4 nitrogen and oxygen atoms in total. The maximum absolute atomic E-state index is 11.1. The van der Waals surface area contributed by atoms with Gasteiger partial charge in [-0.05, 0) is 37.0 Å². The first kappa shape index (κ1) is 18.0. The van der Waals surface area contributed by atoms with Gasteiger partial charge < -0.3 is 9.47 Å². The smallest absolute Gasteiger partial charge is 0.305 e. The van der Waals surface area contributed by atoms with Crippen LogP contribution in [0.3, 0.4) is 0 Å². The van der Waals surface area contributed by atoms with Crippen molar-refractivity contribution in [2.75, 3.05) is 0 Å². The van der Waals surface area contributed by atoms with E-state index in [0.717, 1.165) is 12.0 Å². The van der Waals surface area contributed by atoms with Gasteiger partial charge >= 0.3 is 11.9 Å². The maximum atomic E-state index is 11.1. The molecule has 0 aliphatic rings. The maximum Gasteiger partial charge on any atom is 0.305 e. The zero-order valence-corrected chi connectivity index (χ0v) is 13.7. The van der Waals surface area contributed by atoms with Crippen LogP contribution in [-0.2, 0) is 25.5 Å². The average molecular weight is 304 g/mol. The number of hydrogen-bond acceptors (Lipinski definition) is 4. The summed E-state index contributed by atoms with van der Waals surface area (Å²) in [6.45, 7) is 6.50. The predicted molar refractivity (Wildman–Crippen MR) is 86.0 cm³/mol. The van der Waals surface area contributed by atoms with Gasteiger partial charge in [-0.25, -0.2) is 0 Å². The highest BCUT2D eigenvalue weighted by Gasteiger charge is 2.17. The van der Waals surface area contributed by atoms with Gasteiger partial charge in [-0.15, -0.1) is 0 Å². The van der Waals surface area contributed by atoms with Crippen molar-refractivity contribution >= 4 is 18.0 Å². The Kier molecular flexibility index (Phi) is 7.37. The Morgan fingerprint density at radius 3 is 2.05 bits per heavy atom. The van der Waals surface area contributed by atoms with Crippen LogP contribution in [0.1, 0.15) is 51.7 Å². The first-order valence-corrected chi connectivity index (χ1v) is 7.54. The van der Waals surface area contributed by atoms with E-state index in [1.807, 2.05) is 18.2 Å². The van der Waals surface area contributed by atoms with Crippen LogP contribution in [0.15, 0.2) is 29.8 Å². The van der Waals surface area contributed by atoms with Gasteiger partial charge in [0.2, 0.25) is 0 Å². The zero-order valence-electron chi connectivity index (χ0n) is 13.7. The average Bonchev–Trinajstić information content (AvgIpc) is 2.45. The molecule has 0 radical (unpaired) electrons. The van der Waals surface area contributed by atoms with Gasteiger partial charge in [-0.1, -0.05) is 37.6 Å². The monoisotopic (exact) mass is 304 g/mol. The molecule has 0 atom stereocenters. The summed E-state index contributed by atoms with van der Waals surface area (Å²) in [5, 5.41) is 0. The van der Waals surface area contributed by atoms with Crippen LogP contribution in [-0.4, -0.2) is 18.2 Å². The molecular formula is C18H24O4. The van der Waals surface area contributed by atoms with Crippen molar-refractivity contribution in [1.82, 2.24) is 0 Å². The van der Waals surface area contributed by atoms with Crippen LogP contribution >= 0.6 is 0 Å². The summed E-state index contributed by atoms with van der Waals surface area (Å²) in [6, 6.07) is 8.18. The van der Waals surface area contributed by atoms with Crippen molar-refractivity contribution < 1.29 is 19.1 Å². The number of ether oxygens (including phenoxy) is 2. The highest BCUT2D eigenvalue weighted by molar-refractivity contribution is 5.69. The second kappa shape index (κ2) is 9.03. The Balaban J connectivity index is 2.82. The molecule has 0 heterocycles. The third-order valence-electron chi connectivity index (χ3n) is 3.11. The molecule has 0 spiro atoms. The molecule has 1 aromatic rings. The van der Waals surface area contributed by atoms with Crippen molar-refractivity contribution in [3.63, 3.8) is 0 Å². The number of rotatable bonds is 7. The quantitative estimate of drug-likeness (QED) is 0.566. The fourth-order valence-corrected chi connectivity index (χ4v) is 2.00. The van der Waals surface area contributed by atoms with E-state index in [1.54, 1.807) is 6.92 Å². The summed E-state index contributed by atoms with van der Waals surface area (Å²) in [4.78, 5) is 22.2. The normalized spacial score (nSPS) is 11.4. The third-order valence-corrected chi connectivity index (χ3v) is 3.11. The summed E-state index contributed by atoms with van der Waals surface area (Å²) in [7, 11) is 0. The van der Waals surface area contributed by atoms with E-state index in [-0.39, 0.29) is 0 Å². The minimum Gasteiger partial charge on any atom is -0.421 e. The standard InChI is InChI=1S/C18H24O4/c1-5-6-7-16-8-10-17(11-9-16)12-13(2)18(21-14(3)19)22-15(4)20/h8-12,18H,5-7H2,1-4H3. The lowest BCUT2D eigenvalue weighted by atomic mass is 10.0. The molecule has 0 amide bonds. The van der Waals surface area contributed by atoms with Gasteiger partial charge in [-0.2, -0.15) is 0 Å². The van der Waals surface area contributed by atoms with E-state index in [4.69, 9.17) is 9.47 Å². The van der Waals surface area contributed by atoms with Crippen LogP contribution in [0.5, 0.6) is 0 Å². The fraction of sp³-hybridized carbons (Fsp3) is 0.444. The molecule has 0 aliphatic carbocycles. The van der Waals surface area contributed by atoms with Crippen molar-refractivity contribution in [2.45, 2.75) is 53.2 Å². The number of carbonyl (C=O) groups excluding carboxylic acids is 2. The van der Waals surface area contributed by atoms with Crippen molar-refractivity contribution in [2.24, 2.45) is 0 Å². The van der Waals surface area contributed by atoms with Gasteiger partial charge in [-0.3, -0.25) is 9.59 Å². The number of benzene rings is 1. The summed E-state index contributed by atoms with van der Waals surface area (Å²) < 4.78 is 10.0. The first-order valence-electron chi connectivity index (χ1n) is 7.54. The topological polar surface area (TPSA) is 52.6 Å². The first-order chi connectivity index (χ1) is 10.4. The Labute approximate surface area is 132 Å². The molecule has 22 heavy (non-hydrogen) atoms. The molecule has 1 aromatic carbocycles. The molecule has 0 unspecified atom stereocenters. The Morgan fingerprint density at radius 2 is 1.59 bits per heavy atom. The van der Waals surface area contributed by atoms with E-state index in [2.05, 4.69) is 19.1 Å². The molecule has 0 saturated heterocycles. The van der Waals surface area contributed by atoms with E-state index in [9.17, 15) is 9.59 Å². The minimum absolute atomic E-state index is 0.492. The van der Waals surface area contributed by atoms with Crippen molar-refractivity contribution in [1.29, 1.82) is 0 Å². The molecule has 0 saturated carbocycles. The number of unbranched alkanes of at least 4 members (excludes halogenated alkanes) is 1. The molecule has 1 rings (SSSR count). The Bertz CT molecular complexity index is 513. The zero-order chi connectivity index (χ0) is 16.5. The van der Waals surface area contributed by atoms with Crippen molar-refractivity contribution in [3.05, 3.63) is 41.0 Å². The van der Waals surface area contributed by atoms with E-state index in [0.29, 0.717) is 5.57 Å². The van der Waals surface area contributed by atoms with Gasteiger partial charge in [0, 0.05) is 19.4 Å². The molecule has 0 aliphatic heterocycles. The van der Waals surface area contributed by atoms with Crippen LogP contribution in [0.25, 0.3) is 6.08 Å². The van der Waals surface area contributed by atoms with Crippen LogP contribution < -0.4 is 0 Å². The molecule has 0 fully saturated rings. The minimum atomic E-state index is -0.977. The number of esters is 2. The second-order valence-electron chi connectivity index (χ2n) is 5.28. The lowest BCUT2D eigenvalue weighted by Gasteiger charge is -2.17. The van der Waals surface area contributed by atoms with Crippen LogP contribution in [0.4, 0.5) is 0 Å². The lowest BCUT2D eigenvalue weighted by molar-refractivity contribution is -0.177. The van der Waals surface area contributed by atoms with Gasteiger partial charge in [0.25, 0.3) is 6.29 Å². The SMILES string of the molecule is CCCCc1ccc(C=C(C)C(OC(C)=O)OC(C)=O)cc1. The van der Waals surface area contributed by atoms with Crippen molar-refractivity contribution in [3.8, 4) is 0 Å². The summed E-state index contributed by atoms with van der Waals surface area (Å²) in [5.74, 6) is -0.983. The van der Waals surface area contributed by atoms with Crippen LogP contribution in [0.2, 0.25) is 0 Å².